The number of carbonyl (C=O) groups excluding carboxylic acids is 3. The molecule has 6 rings (SSSR count). The number of amides is 3. The number of carbonyl (C=O) groups is 3. The summed E-state index contributed by atoms with van der Waals surface area (Å²) in [6, 6.07) is 6.01. The third-order valence-corrected chi connectivity index (χ3v) is 10.4. The number of aromatic nitrogens is 1. The molecule has 1 aromatic heterocycles. The topological polar surface area (TPSA) is 153 Å². The third kappa shape index (κ3) is 6.10. The van der Waals surface area contributed by atoms with Gasteiger partial charge in [-0.2, -0.15) is 0 Å². The van der Waals surface area contributed by atoms with E-state index in [1.54, 1.807) is 31.4 Å². The SMILES string of the molecule is COc1ccc2c(O[C@@H]3C[C@H]4C(=O)N[C@]5(C(=O)NS(=O)(=O)C6CC6)C[C@H]5/C=C\CCCCOC(=O)N4C3)nc(Cl)cc2c1. The van der Waals surface area contributed by atoms with Crippen molar-refractivity contribution in [2.24, 2.45) is 5.92 Å². The Morgan fingerprint density at radius 1 is 1.23 bits per heavy atom. The number of halogens is 1. The average Bonchev–Trinajstić information content (AvgIpc) is 3.89. The van der Waals surface area contributed by atoms with Gasteiger partial charge in [-0.05, 0) is 68.2 Å². The number of hydrogen-bond donors (Lipinski definition) is 2. The molecule has 3 heterocycles. The Balaban J connectivity index is 1.26. The fourth-order valence-electron chi connectivity index (χ4n) is 5.71. The van der Waals surface area contributed by atoms with Crippen molar-refractivity contribution in [2.45, 2.75) is 67.9 Å². The van der Waals surface area contributed by atoms with Gasteiger partial charge in [0.15, 0.2) is 0 Å². The second-order valence-electron chi connectivity index (χ2n) is 11.5. The maximum absolute atomic E-state index is 13.8. The normalized spacial score (nSPS) is 28.5. The monoisotopic (exact) mass is 632 g/mol. The molecule has 0 spiro atoms. The van der Waals surface area contributed by atoms with Gasteiger partial charge in [0.25, 0.3) is 5.91 Å². The van der Waals surface area contributed by atoms with Gasteiger partial charge in [-0.3, -0.25) is 19.2 Å². The van der Waals surface area contributed by atoms with Crippen molar-refractivity contribution in [1.82, 2.24) is 19.9 Å². The van der Waals surface area contributed by atoms with E-state index in [1.807, 2.05) is 12.2 Å². The number of benzene rings is 1. The summed E-state index contributed by atoms with van der Waals surface area (Å²) in [6.45, 7) is 0.224. The summed E-state index contributed by atoms with van der Waals surface area (Å²) in [7, 11) is -2.27. The lowest BCUT2D eigenvalue weighted by atomic mass is 10.1. The summed E-state index contributed by atoms with van der Waals surface area (Å²) >= 11 is 6.28. The molecule has 230 valence electrons. The zero-order valence-electron chi connectivity index (χ0n) is 23.6. The summed E-state index contributed by atoms with van der Waals surface area (Å²) in [5.41, 5.74) is -1.43. The van der Waals surface area contributed by atoms with Crippen molar-refractivity contribution in [3.05, 3.63) is 41.6 Å². The summed E-state index contributed by atoms with van der Waals surface area (Å²) in [4.78, 5) is 45.9. The summed E-state index contributed by atoms with van der Waals surface area (Å²) < 4.78 is 44.4. The molecule has 1 aromatic carbocycles. The molecular formula is C29H33ClN4O8S. The predicted octanol–water partition coefficient (Wildman–Crippen LogP) is 3.08. The van der Waals surface area contributed by atoms with Crippen LogP contribution in [0.25, 0.3) is 10.8 Å². The molecular weight excluding hydrogens is 600 g/mol. The number of pyridine rings is 1. The van der Waals surface area contributed by atoms with Gasteiger partial charge >= 0.3 is 6.09 Å². The molecule has 43 heavy (non-hydrogen) atoms. The number of cyclic esters (lactones) is 1. The number of fused-ring (bicyclic) bond motifs is 3. The van der Waals surface area contributed by atoms with Crippen molar-refractivity contribution >= 4 is 50.3 Å². The molecule has 2 aromatic rings. The van der Waals surface area contributed by atoms with E-state index in [-0.39, 0.29) is 42.9 Å². The highest BCUT2D eigenvalue weighted by Gasteiger charge is 2.62. The predicted molar refractivity (Wildman–Crippen MR) is 156 cm³/mol. The number of allylic oxidation sites excluding steroid dienone is 1. The van der Waals surface area contributed by atoms with E-state index in [9.17, 15) is 22.8 Å². The van der Waals surface area contributed by atoms with Crippen LogP contribution in [-0.4, -0.2) is 79.4 Å². The molecule has 2 saturated carbocycles. The molecule has 4 atom stereocenters. The number of hydrogen-bond acceptors (Lipinski definition) is 9. The maximum atomic E-state index is 13.8. The van der Waals surface area contributed by atoms with Crippen LogP contribution in [0.5, 0.6) is 11.6 Å². The highest BCUT2D eigenvalue weighted by atomic mass is 35.5. The van der Waals surface area contributed by atoms with E-state index >= 15 is 0 Å². The molecule has 3 fully saturated rings. The standard InChI is InChI=1S/C29H33ClN4O8S/c1-40-19-7-10-22-17(12-19)13-24(30)31-26(22)42-20-14-23-25(35)32-29(27(36)33-43(38,39)21-8-9-21)15-18(29)6-4-2-3-5-11-41-28(37)34(23)16-20/h4,6-7,10,12-13,18,20-21,23H,2-3,5,8-9,11,14-16H2,1H3,(H,32,35)(H,33,36)/b6-4-/t18-,20-,23+,29-/m1/s1. The van der Waals surface area contributed by atoms with Gasteiger partial charge in [0.2, 0.25) is 21.8 Å². The molecule has 2 aliphatic heterocycles. The maximum Gasteiger partial charge on any atom is 0.410 e. The zero-order chi connectivity index (χ0) is 30.4. The summed E-state index contributed by atoms with van der Waals surface area (Å²) in [5, 5.41) is 3.83. The fraction of sp³-hybridized carbons (Fsp3) is 0.517. The molecule has 14 heteroatoms. The van der Waals surface area contributed by atoms with Crippen molar-refractivity contribution < 1.29 is 37.0 Å². The molecule has 4 aliphatic rings. The average molecular weight is 633 g/mol. The Bertz CT molecular complexity index is 1600. The second kappa shape index (κ2) is 11.5. The lowest BCUT2D eigenvalue weighted by Gasteiger charge is -2.26. The Morgan fingerprint density at radius 2 is 2.05 bits per heavy atom. The van der Waals surface area contributed by atoms with Crippen molar-refractivity contribution in [3.8, 4) is 11.6 Å². The van der Waals surface area contributed by atoms with Gasteiger partial charge in [-0.15, -0.1) is 0 Å². The minimum atomic E-state index is -3.83. The quantitative estimate of drug-likeness (QED) is 0.361. The minimum Gasteiger partial charge on any atom is -0.497 e. The first-order valence-corrected chi connectivity index (χ1v) is 16.3. The van der Waals surface area contributed by atoms with Crippen LogP contribution in [0.2, 0.25) is 5.15 Å². The Kier molecular flexibility index (Phi) is 7.88. The minimum absolute atomic E-state index is 0.0291. The third-order valence-electron chi connectivity index (χ3n) is 8.37. The Hall–Kier alpha value is -3.58. The van der Waals surface area contributed by atoms with Crippen LogP contribution in [0.1, 0.15) is 44.9 Å². The number of nitrogens with one attached hydrogen (secondary N) is 2. The van der Waals surface area contributed by atoms with Crippen molar-refractivity contribution in [1.29, 1.82) is 0 Å². The van der Waals surface area contributed by atoms with Crippen LogP contribution in [-0.2, 0) is 24.3 Å². The summed E-state index contributed by atoms with van der Waals surface area (Å²) in [6.07, 6.45) is 5.85. The number of ether oxygens (including phenoxy) is 3. The van der Waals surface area contributed by atoms with Crippen LogP contribution < -0.4 is 19.5 Å². The van der Waals surface area contributed by atoms with E-state index in [0.29, 0.717) is 36.8 Å². The van der Waals surface area contributed by atoms with Gasteiger partial charge in [-0.25, -0.2) is 18.2 Å². The van der Waals surface area contributed by atoms with E-state index in [4.69, 9.17) is 25.8 Å². The largest absolute Gasteiger partial charge is 0.497 e. The van der Waals surface area contributed by atoms with Gasteiger partial charge in [-0.1, -0.05) is 23.8 Å². The van der Waals surface area contributed by atoms with Crippen LogP contribution >= 0.6 is 11.6 Å². The Labute approximate surface area is 254 Å². The van der Waals surface area contributed by atoms with Gasteiger partial charge < -0.3 is 19.5 Å². The van der Waals surface area contributed by atoms with Crippen LogP contribution in [0.3, 0.4) is 0 Å². The highest BCUT2D eigenvalue weighted by molar-refractivity contribution is 7.91. The molecule has 0 radical (unpaired) electrons. The highest BCUT2D eigenvalue weighted by Crippen LogP contribution is 2.46. The number of nitrogens with zero attached hydrogens (tertiary/aromatic N) is 2. The lowest BCUT2D eigenvalue weighted by molar-refractivity contribution is -0.131. The molecule has 0 bridgehead atoms. The van der Waals surface area contributed by atoms with Gasteiger partial charge in [0, 0.05) is 17.7 Å². The molecule has 2 aliphatic carbocycles. The first kappa shape index (κ1) is 29.5. The molecule has 0 unspecified atom stereocenters. The second-order valence-corrected chi connectivity index (χ2v) is 13.8. The number of methoxy groups -OCH3 is 1. The summed E-state index contributed by atoms with van der Waals surface area (Å²) in [5.74, 6) is -0.860. The number of sulfonamides is 1. The van der Waals surface area contributed by atoms with Gasteiger partial charge in [0.05, 0.1) is 25.5 Å². The van der Waals surface area contributed by atoms with E-state index in [2.05, 4.69) is 15.0 Å². The van der Waals surface area contributed by atoms with Crippen molar-refractivity contribution in [3.63, 3.8) is 0 Å². The van der Waals surface area contributed by atoms with Gasteiger partial charge in [0.1, 0.15) is 28.6 Å². The first-order valence-electron chi connectivity index (χ1n) is 14.4. The van der Waals surface area contributed by atoms with Crippen LogP contribution in [0, 0.1) is 5.92 Å². The zero-order valence-corrected chi connectivity index (χ0v) is 25.2. The molecule has 3 amide bonds. The van der Waals surface area contributed by atoms with Crippen LogP contribution in [0.4, 0.5) is 4.79 Å². The number of rotatable bonds is 6. The van der Waals surface area contributed by atoms with Crippen LogP contribution in [0.15, 0.2) is 36.4 Å². The fourth-order valence-corrected chi connectivity index (χ4v) is 7.27. The van der Waals surface area contributed by atoms with E-state index in [0.717, 1.165) is 11.8 Å². The lowest BCUT2D eigenvalue weighted by Crippen LogP contribution is -2.56. The smallest absolute Gasteiger partial charge is 0.410 e. The van der Waals surface area contributed by atoms with E-state index < -0.39 is 50.9 Å². The van der Waals surface area contributed by atoms with Crippen molar-refractivity contribution in [2.75, 3.05) is 20.3 Å². The first-order chi connectivity index (χ1) is 20.6. The molecule has 12 nitrogen and oxygen atoms in total. The Morgan fingerprint density at radius 3 is 2.81 bits per heavy atom. The molecule has 2 N–H and O–H groups in total. The molecule has 1 saturated heterocycles. The van der Waals surface area contributed by atoms with E-state index in [1.165, 1.54) is 4.90 Å².